The molecule has 7 nitrogen and oxygen atoms in total. The van der Waals surface area contributed by atoms with Crippen molar-refractivity contribution in [2.24, 2.45) is 0 Å². The van der Waals surface area contributed by atoms with Crippen molar-refractivity contribution in [1.29, 1.82) is 0 Å². The van der Waals surface area contributed by atoms with E-state index in [1.165, 1.54) is 5.56 Å². The van der Waals surface area contributed by atoms with Crippen molar-refractivity contribution in [1.82, 2.24) is 10.6 Å². The first-order chi connectivity index (χ1) is 20.2. The minimum absolute atomic E-state index is 0.0376. The molecule has 3 rings (SSSR count). The molecule has 2 N–H and O–H groups in total. The zero-order valence-electron chi connectivity index (χ0n) is 25.2. The van der Waals surface area contributed by atoms with Gasteiger partial charge in [0.25, 0.3) is 0 Å². The van der Waals surface area contributed by atoms with Gasteiger partial charge in [0.2, 0.25) is 5.91 Å². The number of hydrogen-bond acceptors (Lipinski definition) is 5. The highest BCUT2D eigenvalue weighted by molar-refractivity contribution is 5.86. The van der Waals surface area contributed by atoms with Gasteiger partial charge in [0.15, 0.2) is 0 Å². The van der Waals surface area contributed by atoms with Crippen LogP contribution in [0.5, 0.6) is 5.75 Å². The van der Waals surface area contributed by atoms with Gasteiger partial charge in [-0.3, -0.25) is 4.79 Å². The first-order valence-electron chi connectivity index (χ1n) is 14.5. The number of amides is 2. The second-order valence-corrected chi connectivity index (χ2v) is 11.1. The van der Waals surface area contributed by atoms with Crippen LogP contribution in [0.1, 0.15) is 50.8 Å². The van der Waals surface area contributed by atoms with Crippen molar-refractivity contribution in [3.63, 3.8) is 0 Å². The Hall–Kier alpha value is -4.10. The van der Waals surface area contributed by atoms with Crippen LogP contribution in [-0.4, -0.2) is 42.9 Å². The molecule has 0 heterocycles. The summed E-state index contributed by atoms with van der Waals surface area (Å²) in [4.78, 5) is 25.9. The molecule has 0 radical (unpaired) electrons. The molecule has 42 heavy (non-hydrogen) atoms. The van der Waals surface area contributed by atoms with Crippen LogP contribution in [0.3, 0.4) is 0 Å². The van der Waals surface area contributed by atoms with E-state index in [4.69, 9.17) is 14.2 Å². The van der Waals surface area contributed by atoms with Gasteiger partial charge < -0.3 is 24.8 Å². The van der Waals surface area contributed by atoms with E-state index in [0.717, 1.165) is 29.7 Å². The molecule has 0 aromatic heterocycles. The Balaban J connectivity index is 1.56. The maximum absolute atomic E-state index is 13.4. The molecule has 1 unspecified atom stereocenters. The summed E-state index contributed by atoms with van der Waals surface area (Å²) in [6.07, 6.45) is 5.42. The molecule has 0 spiro atoms. The normalized spacial score (nSPS) is 12.9. The van der Waals surface area contributed by atoms with Crippen molar-refractivity contribution in [2.45, 2.75) is 71.2 Å². The molecule has 3 aromatic carbocycles. The molecule has 0 aliphatic carbocycles. The van der Waals surface area contributed by atoms with E-state index in [-0.39, 0.29) is 18.6 Å². The van der Waals surface area contributed by atoms with E-state index in [1.54, 1.807) is 20.8 Å². The van der Waals surface area contributed by atoms with Crippen LogP contribution < -0.4 is 15.4 Å². The molecule has 0 aliphatic heterocycles. The molecule has 3 aromatic rings. The lowest BCUT2D eigenvalue weighted by molar-refractivity contribution is -0.125. The highest BCUT2D eigenvalue weighted by atomic mass is 16.6. The summed E-state index contributed by atoms with van der Waals surface area (Å²) in [7, 11) is 0. The van der Waals surface area contributed by atoms with Gasteiger partial charge in [0.1, 0.15) is 24.0 Å². The Morgan fingerprint density at radius 2 is 1.48 bits per heavy atom. The number of nitrogens with one attached hydrogen (secondary N) is 2. The first-order valence-corrected chi connectivity index (χ1v) is 14.5. The smallest absolute Gasteiger partial charge is 0.408 e. The molecule has 7 heteroatoms. The van der Waals surface area contributed by atoms with Crippen molar-refractivity contribution in [2.75, 3.05) is 13.2 Å². The standard InChI is InChI=1S/C35H44N2O5/c1-5-13-30(24-28-19-21-31(22-20-28)41-25-29-16-10-7-11-17-29)36-33(38)32(37-34(39)42-35(2,3)4)26-40-23-12-18-27-14-8-6-9-15-27/h5-11,13-17,19-22,30,32H,12,18,23-26H2,1-4H3,(H,36,38)(H,37,39)/b13-5+/t30-,32?/m1/s1. The molecule has 0 fully saturated rings. The van der Waals surface area contributed by atoms with E-state index in [9.17, 15) is 9.59 Å². The summed E-state index contributed by atoms with van der Waals surface area (Å²) < 4.78 is 17.1. The average molecular weight is 573 g/mol. The van der Waals surface area contributed by atoms with Gasteiger partial charge in [0.05, 0.1) is 12.6 Å². The van der Waals surface area contributed by atoms with Crippen molar-refractivity contribution >= 4 is 12.0 Å². The maximum atomic E-state index is 13.4. The Morgan fingerprint density at radius 1 is 0.833 bits per heavy atom. The summed E-state index contributed by atoms with van der Waals surface area (Å²) >= 11 is 0. The van der Waals surface area contributed by atoms with Gasteiger partial charge in [-0.25, -0.2) is 4.79 Å². The molecule has 0 saturated carbocycles. The Labute approximate surface area is 250 Å². The van der Waals surface area contributed by atoms with E-state index in [0.29, 0.717) is 19.6 Å². The Morgan fingerprint density at radius 3 is 2.10 bits per heavy atom. The number of hydrogen-bond donors (Lipinski definition) is 2. The maximum Gasteiger partial charge on any atom is 0.408 e. The summed E-state index contributed by atoms with van der Waals surface area (Å²) in [5.41, 5.74) is 2.69. The lowest BCUT2D eigenvalue weighted by Gasteiger charge is -2.25. The fraction of sp³-hybridized carbons (Fsp3) is 0.371. The van der Waals surface area contributed by atoms with Gasteiger partial charge in [-0.1, -0.05) is 84.9 Å². The quantitative estimate of drug-likeness (QED) is 0.162. The summed E-state index contributed by atoms with van der Waals surface area (Å²) in [6.45, 7) is 8.25. The lowest BCUT2D eigenvalue weighted by atomic mass is 10.0. The molecule has 2 atom stereocenters. The number of rotatable bonds is 15. The SMILES string of the molecule is C/C=C/[C@H](Cc1ccc(OCc2ccccc2)cc1)NC(=O)C(COCCCc1ccccc1)NC(=O)OC(C)(C)C. The molecular weight excluding hydrogens is 528 g/mol. The second kappa shape index (κ2) is 17.0. The fourth-order valence-corrected chi connectivity index (χ4v) is 4.26. The van der Waals surface area contributed by atoms with Crippen LogP contribution in [0.25, 0.3) is 0 Å². The number of carbonyl (C=O) groups excluding carboxylic acids is 2. The second-order valence-electron chi connectivity index (χ2n) is 11.1. The van der Waals surface area contributed by atoms with E-state index < -0.39 is 17.7 Å². The van der Waals surface area contributed by atoms with Crippen molar-refractivity contribution < 1.29 is 23.8 Å². The predicted molar refractivity (Wildman–Crippen MR) is 166 cm³/mol. The van der Waals surface area contributed by atoms with Gasteiger partial charge in [0, 0.05) is 6.61 Å². The number of carbonyl (C=O) groups is 2. The van der Waals surface area contributed by atoms with E-state index in [1.807, 2.05) is 91.9 Å². The number of benzene rings is 3. The molecule has 0 saturated heterocycles. The molecule has 2 amide bonds. The van der Waals surface area contributed by atoms with Crippen LogP contribution in [0.15, 0.2) is 97.1 Å². The minimum atomic E-state index is -0.905. The highest BCUT2D eigenvalue weighted by Crippen LogP contribution is 2.16. The molecule has 224 valence electrons. The average Bonchev–Trinajstić information content (AvgIpc) is 2.96. The Kier molecular flexibility index (Phi) is 13.1. The van der Waals surface area contributed by atoms with Crippen LogP contribution in [0.2, 0.25) is 0 Å². The van der Waals surface area contributed by atoms with Crippen LogP contribution in [0, 0.1) is 0 Å². The fourth-order valence-electron chi connectivity index (χ4n) is 4.26. The van der Waals surface area contributed by atoms with Gasteiger partial charge in [-0.2, -0.15) is 0 Å². The predicted octanol–water partition coefficient (Wildman–Crippen LogP) is 6.41. The third-order valence-corrected chi connectivity index (χ3v) is 6.27. The number of aryl methyl sites for hydroxylation is 1. The van der Waals surface area contributed by atoms with Gasteiger partial charge >= 0.3 is 6.09 Å². The third-order valence-electron chi connectivity index (χ3n) is 6.27. The van der Waals surface area contributed by atoms with Crippen LogP contribution in [0.4, 0.5) is 4.79 Å². The minimum Gasteiger partial charge on any atom is -0.489 e. The summed E-state index contributed by atoms with van der Waals surface area (Å²) in [5, 5.41) is 5.74. The van der Waals surface area contributed by atoms with Crippen molar-refractivity contribution in [3.05, 3.63) is 114 Å². The number of ether oxygens (including phenoxy) is 3. The van der Waals surface area contributed by atoms with Gasteiger partial charge in [-0.05, 0) is 75.8 Å². The summed E-state index contributed by atoms with van der Waals surface area (Å²) in [6, 6.07) is 26.9. The zero-order chi connectivity index (χ0) is 30.2. The van der Waals surface area contributed by atoms with Crippen LogP contribution >= 0.6 is 0 Å². The number of alkyl carbamates (subject to hydrolysis) is 1. The van der Waals surface area contributed by atoms with E-state index >= 15 is 0 Å². The van der Waals surface area contributed by atoms with Crippen LogP contribution in [-0.2, 0) is 33.7 Å². The topological polar surface area (TPSA) is 85.9 Å². The Bertz CT molecular complexity index is 1240. The monoisotopic (exact) mass is 572 g/mol. The molecule has 0 bridgehead atoms. The van der Waals surface area contributed by atoms with E-state index in [2.05, 4.69) is 22.8 Å². The third kappa shape index (κ3) is 12.6. The van der Waals surface area contributed by atoms with Gasteiger partial charge in [-0.15, -0.1) is 0 Å². The highest BCUT2D eigenvalue weighted by Gasteiger charge is 2.26. The lowest BCUT2D eigenvalue weighted by Crippen LogP contribution is -2.52. The molecule has 0 aliphatic rings. The number of allylic oxidation sites excluding steroid dienone is 1. The van der Waals surface area contributed by atoms with Crippen molar-refractivity contribution in [3.8, 4) is 5.75 Å². The molecular formula is C35H44N2O5. The first kappa shape index (κ1) is 32.4. The largest absolute Gasteiger partial charge is 0.489 e. The summed E-state index contributed by atoms with van der Waals surface area (Å²) in [5.74, 6) is 0.440. The zero-order valence-corrected chi connectivity index (χ0v) is 25.2.